The molecule has 0 spiro atoms. The van der Waals surface area contributed by atoms with Crippen LogP contribution in [-0.2, 0) is 11.3 Å². The molecule has 0 aliphatic carbocycles. The molecule has 0 atom stereocenters. The van der Waals surface area contributed by atoms with E-state index in [0.29, 0.717) is 31.6 Å². The zero-order valence-corrected chi connectivity index (χ0v) is 18.9. The Morgan fingerprint density at radius 1 is 1.14 bits per heavy atom. The van der Waals surface area contributed by atoms with Crippen molar-refractivity contribution < 1.29 is 14.2 Å². The molecule has 0 aliphatic rings. The average Bonchev–Trinajstić information content (AvgIpc) is 2.70. The van der Waals surface area contributed by atoms with E-state index >= 15 is 0 Å². The van der Waals surface area contributed by atoms with Crippen LogP contribution >= 0.6 is 24.0 Å². The topological polar surface area (TPSA) is 77.0 Å². The first-order valence-electron chi connectivity index (χ1n) is 9.01. The van der Waals surface area contributed by atoms with E-state index in [9.17, 15) is 0 Å². The molecule has 154 valence electrons. The van der Waals surface area contributed by atoms with Gasteiger partial charge in [-0.2, -0.15) is 0 Å². The Kier molecular flexibility index (Phi) is 12.0. The summed E-state index contributed by atoms with van der Waals surface area (Å²) in [6, 6.07) is 11.6. The summed E-state index contributed by atoms with van der Waals surface area (Å²) in [6.45, 7) is 4.62. The SMILES string of the molecule is CCNC(=NCc1ccc(OC)nc1)Nc1cccc(OCCCOC)c1.I. The molecule has 2 rings (SSSR count). The van der Waals surface area contributed by atoms with Gasteiger partial charge >= 0.3 is 0 Å². The fraction of sp³-hybridized carbons (Fsp3) is 0.400. The number of halogens is 1. The monoisotopic (exact) mass is 500 g/mol. The van der Waals surface area contributed by atoms with Crippen LogP contribution in [0.1, 0.15) is 18.9 Å². The maximum atomic E-state index is 5.74. The second-order valence-corrected chi connectivity index (χ2v) is 5.75. The van der Waals surface area contributed by atoms with Crippen LogP contribution in [0.5, 0.6) is 11.6 Å². The molecule has 0 fully saturated rings. The van der Waals surface area contributed by atoms with E-state index in [0.717, 1.165) is 30.0 Å². The highest BCUT2D eigenvalue weighted by atomic mass is 127. The molecule has 0 amide bonds. The van der Waals surface area contributed by atoms with E-state index in [1.165, 1.54) is 0 Å². The second kappa shape index (κ2) is 14.0. The lowest BCUT2D eigenvalue weighted by Crippen LogP contribution is -2.30. The molecule has 0 saturated heterocycles. The molecule has 0 bridgehead atoms. The third-order valence-corrected chi connectivity index (χ3v) is 3.63. The summed E-state index contributed by atoms with van der Waals surface area (Å²) in [5.41, 5.74) is 1.91. The minimum absolute atomic E-state index is 0. The molecule has 0 saturated carbocycles. The molecule has 28 heavy (non-hydrogen) atoms. The van der Waals surface area contributed by atoms with Crippen molar-refractivity contribution in [1.29, 1.82) is 0 Å². The molecular weight excluding hydrogens is 471 g/mol. The third-order valence-electron chi connectivity index (χ3n) is 3.63. The number of anilines is 1. The van der Waals surface area contributed by atoms with Crippen LogP contribution in [0.2, 0.25) is 0 Å². The van der Waals surface area contributed by atoms with Crippen molar-refractivity contribution in [3.63, 3.8) is 0 Å². The van der Waals surface area contributed by atoms with E-state index in [2.05, 4.69) is 20.6 Å². The summed E-state index contributed by atoms with van der Waals surface area (Å²) in [6.07, 6.45) is 2.62. The number of aliphatic imine (C=N–C) groups is 1. The molecule has 2 aromatic rings. The van der Waals surface area contributed by atoms with Crippen molar-refractivity contribution in [3.8, 4) is 11.6 Å². The number of benzene rings is 1. The highest BCUT2D eigenvalue weighted by Gasteiger charge is 2.02. The molecule has 7 nitrogen and oxygen atoms in total. The zero-order chi connectivity index (χ0) is 19.3. The fourth-order valence-electron chi connectivity index (χ4n) is 2.30. The van der Waals surface area contributed by atoms with Gasteiger partial charge in [0.15, 0.2) is 5.96 Å². The minimum atomic E-state index is 0. The minimum Gasteiger partial charge on any atom is -0.493 e. The van der Waals surface area contributed by atoms with Crippen LogP contribution in [-0.4, -0.2) is 44.9 Å². The molecule has 1 aromatic heterocycles. The Labute approximate surface area is 183 Å². The van der Waals surface area contributed by atoms with Gasteiger partial charge in [-0.1, -0.05) is 12.1 Å². The summed E-state index contributed by atoms with van der Waals surface area (Å²) in [7, 11) is 3.29. The lowest BCUT2D eigenvalue weighted by molar-refractivity contribution is 0.172. The lowest BCUT2D eigenvalue weighted by Gasteiger charge is -2.13. The van der Waals surface area contributed by atoms with Crippen LogP contribution in [0.25, 0.3) is 0 Å². The number of hydrogen-bond donors (Lipinski definition) is 2. The number of guanidine groups is 1. The standard InChI is InChI=1S/C20H28N4O3.HI/c1-4-21-20(23-15-16-9-10-19(26-3)22-14-16)24-17-7-5-8-18(13-17)27-12-6-11-25-2;/h5,7-10,13-14H,4,6,11-12,15H2,1-3H3,(H2,21,23,24);1H. The van der Waals surface area contributed by atoms with Crippen molar-refractivity contribution in [2.75, 3.05) is 39.3 Å². The van der Waals surface area contributed by atoms with E-state index in [1.807, 2.05) is 43.3 Å². The van der Waals surface area contributed by atoms with Gasteiger partial charge in [0.05, 0.1) is 20.3 Å². The summed E-state index contributed by atoms with van der Waals surface area (Å²) in [4.78, 5) is 8.81. The second-order valence-electron chi connectivity index (χ2n) is 5.75. The van der Waals surface area contributed by atoms with Crippen LogP contribution in [0, 0.1) is 0 Å². The van der Waals surface area contributed by atoms with Crippen LogP contribution in [0.3, 0.4) is 0 Å². The van der Waals surface area contributed by atoms with E-state index in [4.69, 9.17) is 14.2 Å². The molecule has 1 aromatic carbocycles. The molecule has 0 unspecified atom stereocenters. The number of rotatable bonds is 10. The molecule has 0 radical (unpaired) electrons. The normalized spacial score (nSPS) is 10.8. The summed E-state index contributed by atoms with van der Waals surface area (Å²) in [5.74, 6) is 2.10. The summed E-state index contributed by atoms with van der Waals surface area (Å²) in [5, 5.41) is 6.54. The first-order valence-corrected chi connectivity index (χ1v) is 9.01. The van der Waals surface area contributed by atoms with Gasteiger partial charge in [0.1, 0.15) is 5.75 Å². The third kappa shape index (κ3) is 8.75. The van der Waals surface area contributed by atoms with Gasteiger partial charge in [-0.25, -0.2) is 9.98 Å². The Morgan fingerprint density at radius 2 is 2.00 bits per heavy atom. The van der Waals surface area contributed by atoms with Gasteiger partial charge < -0.3 is 24.8 Å². The Hall–Kier alpha value is -2.07. The number of methoxy groups -OCH3 is 2. The smallest absolute Gasteiger partial charge is 0.212 e. The molecule has 2 N–H and O–H groups in total. The van der Waals surface area contributed by atoms with Gasteiger partial charge in [0.25, 0.3) is 0 Å². The van der Waals surface area contributed by atoms with Gasteiger partial charge in [-0.05, 0) is 24.6 Å². The van der Waals surface area contributed by atoms with E-state index < -0.39 is 0 Å². The van der Waals surface area contributed by atoms with Gasteiger partial charge in [-0.15, -0.1) is 24.0 Å². The van der Waals surface area contributed by atoms with Crippen molar-refractivity contribution >= 4 is 35.6 Å². The van der Waals surface area contributed by atoms with E-state index in [-0.39, 0.29) is 24.0 Å². The maximum Gasteiger partial charge on any atom is 0.212 e. The Balaban J connectivity index is 0.00000392. The molecule has 0 aliphatic heterocycles. The lowest BCUT2D eigenvalue weighted by atomic mass is 10.3. The molecule has 8 heteroatoms. The van der Waals surface area contributed by atoms with Gasteiger partial charge in [0.2, 0.25) is 5.88 Å². The van der Waals surface area contributed by atoms with Crippen LogP contribution < -0.4 is 20.1 Å². The molecule has 1 heterocycles. The molecular formula is C20H29IN4O3. The highest BCUT2D eigenvalue weighted by Crippen LogP contribution is 2.17. The maximum absolute atomic E-state index is 5.74. The zero-order valence-electron chi connectivity index (χ0n) is 16.6. The number of ether oxygens (including phenoxy) is 3. The fourth-order valence-corrected chi connectivity index (χ4v) is 2.30. The Morgan fingerprint density at radius 3 is 2.68 bits per heavy atom. The van der Waals surface area contributed by atoms with Crippen LogP contribution in [0.4, 0.5) is 5.69 Å². The average molecular weight is 500 g/mol. The van der Waals surface area contributed by atoms with Gasteiger partial charge in [-0.3, -0.25) is 0 Å². The number of pyridine rings is 1. The van der Waals surface area contributed by atoms with Crippen molar-refractivity contribution in [2.45, 2.75) is 19.9 Å². The summed E-state index contributed by atoms with van der Waals surface area (Å²) < 4.78 is 15.8. The predicted molar refractivity (Wildman–Crippen MR) is 123 cm³/mol. The quantitative estimate of drug-likeness (QED) is 0.224. The number of nitrogens with one attached hydrogen (secondary N) is 2. The first-order chi connectivity index (χ1) is 13.2. The predicted octanol–water partition coefficient (Wildman–Crippen LogP) is 3.70. The number of nitrogens with zero attached hydrogens (tertiary/aromatic N) is 2. The largest absolute Gasteiger partial charge is 0.493 e. The van der Waals surface area contributed by atoms with Crippen molar-refractivity contribution in [1.82, 2.24) is 10.3 Å². The van der Waals surface area contributed by atoms with Crippen molar-refractivity contribution in [3.05, 3.63) is 48.2 Å². The van der Waals surface area contributed by atoms with Gasteiger partial charge in [0, 0.05) is 50.7 Å². The Bertz CT molecular complexity index is 711. The van der Waals surface area contributed by atoms with Crippen molar-refractivity contribution in [2.24, 2.45) is 4.99 Å². The summed E-state index contributed by atoms with van der Waals surface area (Å²) >= 11 is 0. The number of hydrogen-bond acceptors (Lipinski definition) is 5. The first kappa shape index (κ1) is 24.0. The van der Waals surface area contributed by atoms with E-state index in [1.54, 1.807) is 20.4 Å². The van der Waals surface area contributed by atoms with Crippen LogP contribution in [0.15, 0.2) is 47.6 Å². The number of aromatic nitrogens is 1. The highest BCUT2D eigenvalue weighted by molar-refractivity contribution is 14.0.